The van der Waals surface area contributed by atoms with Crippen LogP contribution in [-0.2, 0) is 9.53 Å². The van der Waals surface area contributed by atoms with Crippen LogP contribution >= 0.6 is 0 Å². The van der Waals surface area contributed by atoms with Crippen molar-refractivity contribution in [1.29, 1.82) is 0 Å². The van der Waals surface area contributed by atoms with Crippen LogP contribution in [0.2, 0.25) is 0 Å². The first-order chi connectivity index (χ1) is 8.98. The summed E-state index contributed by atoms with van der Waals surface area (Å²) in [7, 11) is 0. The van der Waals surface area contributed by atoms with Gasteiger partial charge in [-0.15, -0.1) is 0 Å². The maximum absolute atomic E-state index is 12.2. The van der Waals surface area contributed by atoms with E-state index in [4.69, 9.17) is 15.6 Å². The van der Waals surface area contributed by atoms with Crippen molar-refractivity contribution in [3.8, 4) is 0 Å². The Labute approximate surface area is 120 Å². The zero-order valence-electron chi connectivity index (χ0n) is 13.0. The average Bonchev–Trinajstić information content (AvgIpc) is 3.02. The number of aliphatic carboxylic acids is 1. The molecule has 1 atom stereocenters. The minimum Gasteiger partial charge on any atom is -0.480 e. The molecule has 0 saturated heterocycles. The number of hydrogen-bond donors (Lipinski definition) is 2. The van der Waals surface area contributed by atoms with E-state index in [9.17, 15) is 9.59 Å². The highest BCUT2D eigenvalue weighted by molar-refractivity contribution is 5.75. The lowest BCUT2D eigenvalue weighted by Gasteiger charge is -2.34. The van der Waals surface area contributed by atoms with Gasteiger partial charge in [-0.2, -0.15) is 0 Å². The number of nitrogens with zero attached hydrogens (tertiary/aromatic N) is 1. The van der Waals surface area contributed by atoms with Crippen molar-refractivity contribution < 1.29 is 19.4 Å². The Morgan fingerprint density at radius 2 is 1.85 bits per heavy atom. The van der Waals surface area contributed by atoms with Gasteiger partial charge < -0.3 is 20.5 Å². The Morgan fingerprint density at radius 1 is 1.35 bits per heavy atom. The number of rotatable bonds is 5. The third kappa shape index (κ3) is 4.10. The van der Waals surface area contributed by atoms with E-state index in [-0.39, 0.29) is 6.04 Å². The van der Waals surface area contributed by atoms with Crippen LogP contribution in [0.5, 0.6) is 0 Å². The summed E-state index contributed by atoms with van der Waals surface area (Å²) in [5.41, 5.74) is 4.67. The topological polar surface area (TPSA) is 92.9 Å². The fraction of sp³-hybridized carbons (Fsp3) is 0.857. The maximum atomic E-state index is 12.2. The lowest BCUT2D eigenvalue weighted by atomic mass is 9.96. The van der Waals surface area contributed by atoms with Crippen LogP contribution in [0.4, 0.5) is 4.79 Å². The van der Waals surface area contributed by atoms with Crippen molar-refractivity contribution in [3.05, 3.63) is 0 Å². The third-order valence-corrected chi connectivity index (χ3v) is 3.55. The van der Waals surface area contributed by atoms with Gasteiger partial charge in [-0.3, -0.25) is 4.79 Å². The van der Waals surface area contributed by atoms with Crippen LogP contribution in [0, 0.1) is 5.41 Å². The second kappa shape index (κ2) is 5.60. The molecule has 0 heterocycles. The molecule has 20 heavy (non-hydrogen) atoms. The molecule has 0 radical (unpaired) electrons. The van der Waals surface area contributed by atoms with Crippen molar-refractivity contribution in [2.75, 3.05) is 6.54 Å². The van der Waals surface area contributed by atoms with Gasteiger partial charge in [0.25, 0.3) is 0 Å². The summed E-state index contributed by atoms with van der Waals surface area (Å²) in [5, 5.41) is 9.07. The molecule has 0 bridgehead atoms. The normalized spacial score (nSPS) is 18.6. The van der Waals surface area contributed by atoms with E-state index in [1.807, 2.05) is 13.8 Å². The van der Waals surface area contributed by atoms with Gasteiger partial charge in [0, 0.05) is 18.0 Å². The summed E-state index contributed by atoms with van der Waals surface area (Å²) in [6.07, 6.45) is 1.04. The van der Waals surface area contributed by atoms with Gasteiger partial charge in [-0.1, -0.05) is 0 Å². The Kier molecular flexibility index (Phi) is 4.69. The van der Waals surface area contributed by atoms with E-state index in [1.54, 1.807) is 25.7 Å². The molecule has 0 aromatic rings. The van der Waals surface area contributed by atoms with Crippen LogP contribution in [-0.4, -0.2) is 46.3 Å². The van der Waals surface area contributed by atoms with Crippen molar-refractivity contribution in [2.24, 2.45) is 11.1 Å². The number of nitrogens with two attached hydrogens (primary N) is 1. The molecular formula is C14H26N2O4. The number of carbonyl (C=O) groups excluding carboxylic acids is 1. The Balaban J connectivity index is 2.79. The minimum atomic E-state index is -1.02. The van der Waals surface area contributed by atoms with E-state index < -0.39 is 29.1 Å². The van der Waals surface area contributed by atoms with Gasteiger partial charge in [0.1, 0.15) is 11.6 Å². The number of ether oxygens (including phenoxy) is 1. The second-order valence-electron chi connectivity index (χ2n) is 6.88. The molecule has 0 aromatic carbocycles. The van der Waals surface area contributed by atoms with Gasteiger partial charge >= 0.3 is 12.1 Å². The minimum absolute atomic E-state index is 0.0664. The monoisotopic (exact) mass is 286 g/mol. The van der Waals surface area contributed by atoms with E-state index >= 15 is 0 Å². The van der Waals surface area contributed by atoms with Crippen LogP contribution in [0.15, 0.2) is 0 Å². The Morgan fingerprint density at radius 3 is 2.15 bits per heavy atom. The van der Waals surface area contributed by atoms with Crippen LogP contribution in [0.1, 0.15) is 47.5 Å². The van der Waals surface area contributed by atoms with E-state index in [1.165, 1.54) is 0 Å². The van der Waals surface area contributed by atoms with Crippen molar-refractivity contribution in [3.63, 3.8) is 0 Å². The summed E-state index contributed by atoms with van der Waals surface area (Å²) >= 11 is 0. The first-order valence-electron chi connectivity index (χ1n) is 6.96. The lowest BCUT2D eigenvalue weighted by molar-refractivity contribution is -0.140. The maximum Gasteiger partial charge on any atom is 0.410 e. The first kappa shape index (κ1) is 16.8. The van der Waals surface area contributed by atoms with Crippen LogP contribution in [0.25, 0.3) is 0 Å². The molecule has 0 aromatic heterocycles. The largest absolute Gasteiger partial charge is 0.480 e. The molecule has 1 aliphatic carbocycles. The highest BCUT2D eigenvalue weighted by atomic mass is 16.6. The van der Waals surface area contributed by atoms with Crippen molar-refractivity contribution in [1.82, 2.24) is 4.90 Å². The molecule has 1 unspecified atom stereocenters. The third-order valence-electron chi connectivity index (χ3n) is 3.55. The van der Waals surface area contributed by atoms with E-state index in [0.29, 0.717) is 6.54 Å². The smallest absolute Gasteiger partial charge is 0.410 e. The summed E-state index contributed by atoms with van der Waals surface area (Å²) in [6.45, 7) is 9.50. The van der Waals surface area contributed by atoms with Crippen LogP contribution in [0.3, 0.4) is 0 Å². The molecule has 3 N–H and O–H groups in total. The molecule has 6 nitrogen and oxygen atoms in total. The van der Waals surface area contributed by atoms with E-state index in [0.717, 1.165) is 12.8 Å². The van der Waals surface area contributed by atoms with Gasteiger partial charge in [0.05, 0.1) is 0 Å². The predicted molar refractivity (Wildman–Crippen MR) is 75.4 cm³/mol. The van der Waals surface area contributed by atoms with E-state index in [2.05, 4.69) is 0 Å². The zero-order chi connectivity index (χ0) is 15.7. The number of amides is 1. The molecule has 1 amide bonds. The number of carboxylic acid groups (broad SMARTS) is 1. The summed E-state index contributed by atoms with van der Waals surface area (Å²) in [5.74, 6) is -1.02. The molecule has 1 saturated carbocycles. The first-order valence-corrected chi connectivity index (χ1v) is 6.96. The summed E-state index contributed by atoms with van der Waals surface area (Å²) < 4.78 is 5.37. The summed E-state index contributed by atoms with van der Waals surface area (Å²) in [6, 6.07) is -1.01. The number of carbonyl (C=O) groups is 2. The highest BCUT2D eigenvalue weighted by Crippen LogP contribution is 2.49. The van der Waals surface area contributed by atoms with Gasteiger partial charge in [-0.05, 0) is 47.5 Å². The van der Waals surface area contributed by atoms with Crippen molar-refractivity contribution >= 4 is 12.1 Å². The van der Waals surface area contributed by atoms with Gasteiger partial charge in [-0.25, -0.2) is 4.79 Å². The quantitative estimate of drug-likeness (QED) is 0.804. The molecule has 6 heteroatoms. The standard InChI is InChI=1S/C14H26N2O4/c1-9(2)16(12(19)20-13(3,4)5)8-14(6-7-14)10(15)11(17)18/h9-10H,6-8,15H2,1-5H3,(H,17,18). The van der Waals surface area contributed by atoms with Crippen molar-refractivity contribution in [2.45, 2.75) is 65.1 Å². The molecule has 0 spiro atoms. The molecule has 1 aliphatic rings. The molecular weight excluding hydrogens is 260 g/mol. The van der Waals surface area contributed by atoms with Crippen LogP contribution < -0.4 is 5.73 Å². The molecule has 116 valence electrons. The molecule has 1 rings (SSSR count). The fourth-order valence-corrected chi connectivity index (χ4v) is 2.11. The van der Waals surface area contributed by atoms with Gasteiger partial charge in [0.2, 0.25) is 0 Å². The predicted octanol–water partition coefficient (Wildman–Crippen LogP) is 1.82. The number of hydrogen-bond acceptors (Lipinski definition) is 4. The number of carboxylic acids is 1. The molecule has 0 aliphatic heterocycles. The second-order valence-corrected chi connectivity index (χ2v) is 6.88. The summed E-state index contributed by atoms with van der Waals surface area (Å²) in [4.78, 5) is 24.9. The Bertz CT molecular complexity index is 383. The zero-order valence-corrected chi connectivity index (χ0v) is 13.0. The van der Waals surface area contributed by atoms with Gasteiger partial charge in [0.15, 0.2) is 0 Å². The fourth-order valence-electron chi connectivity index (χ4n) is 2.11. The average molecular weight is 286 g/mol. The molecule has 1 fully saturated rings. The Hall–Kier alpha value is -1.30. The highest BCUT2D eigenvalue weighted by Gasteiger charge is 2.53. The SMILES string of the molecule is CC(C)N(CC1(C(N)C(=O)O)CC1)C(=O)OC(C)(C)C. The lowest BCUT2D eigenvalue weighted by Crippen LogP contribution is -2.50.